The van der Waals surface area contributed by atoms with Crippen LogP contribution in [0.4, 0.5) is 0 Å². The SMILES string of the molecule is CC[C@@H]1CN(C(C)=O)CC[C@H]1N[C@H](C)c1ccccc1Cl. The number of nitrogens with zero attached hydrogens (tertiary/aromatic N) is 1. The number of hydrogen-bond acceptors (Lipinski definition) is 2. The molecule has 116 valence electrons. The number of rotatable bonds is 4. The van der Waals surface area contributed by atoms with Crippen LogP contribution < -0.4 is 5.32 Å². The minimum absolute atomic E-state index is 0.186. The molecule has 3 nitrogen and oxygen atoms in total. The van der Waals surface area contributed by atoms with Gasteiger partial charge in [0.1, 0.15) is 0 Å². The van der Waals surface area contributed by atoms with E-state index >= 15 is 0 Å². The Kier molecular flexibility index (Phi) is 5.65. The molecular weight excluding hydrogens is 284 g/mol. The van der Waals surface area contributed by atoms with Crippen molar-refractivity contribution in [3.8, 4) is 0 Å². The fourth-order valence-electron chi connectivity index (χ4n) is 3.19. The predicted molar refractivity (Wildman–Crippen MR) is 87.4 cm³/mol. The first-order chi connectivity index (χ1) is 10.0. The van der Waals surface area contributed by atoms with Crippen LogP contribution in [-0.2, 0) is 4.79 Å². The van der Waals surface area contributed by atoms with E-state index in [0.717, 1.165) is 36.5 Å². The van der Waals surface area contributed by atoms with Crippen molar-refractivity contribution < 1.29 is 4.79 Å². The number of carbonyl (C=O) groups excluding carboxylic acids is 1. The van der Waals surface area contributed by atoms with Gasteiger partial charge in [0.25, 0.3) is 0 Å². The summed E-state index contributed by atoms with van der Waals surface area (Å²) >= 11 is 6.28. The molecule has 4 heteroatoms. The third kappa shape index (κ3) is 3.98. The summed E-state index contributed by atoms with van der Waals surface area (Å²) in [6.07, 6.45) is 2.09. The largest absolute Gasteiger partial charge is 0.343 e. The van der Waals surface area contributed by atoms with Gasteiger partial charge < -0.3 is 10.2 Å². The summed E-state index contributed by atoms with van der Waals surface area (Å²) < 4.78 is 0. The van der Waals surface area contributed by atoms with Gasteiger partial charge in [0.15, 0.2) is 0 Å². The molecule has 1 N–H and O–H groups in total. The van der Waals surface area contributed by atoms with Crippen molar-refractivity contribution >= 4 is 17.5 Å². The number of likely N-dealkylation sites (tertiary alicyclic amines) is 1. The lowest BCUT2D eigenvalue weighted by molar-refractivity contribution is -0.131. The Hall–Kier alpha value is -1.06. The highest BCUT2D eigenvalue weighted by Gasteiger charge is 2.30. The molecule has 0 bridgehead atoms. The molecule has 1 amide bonds. The molecule has 1 aliphatic rings. The summed E-state index contributed by atoms with van der Waals surface area (Å²) in [5.74, 6) is 0.693. The highest BCUT2D eigenvalue weighted by Crippen LogP contribution is 2.26. The summed E-state index contributed by atoms with van der Waals surface area (Å²) in [4.78, 5) is 13.5. The number of halogens is 1. The van der Waals surface area contributed by atoms with Crippen LogP contribution in [0.5, 0.6) is 0 Å². The predicted octanol–water partition coefficient (Wildman–Crippen LogP) is 3.64. The number of benzene rings is 1. The van der Waals surface area contributed by atoms with Crippen LogP contribution in [0.15, 0.2) is 24.3 Å². The van der Waals surface area contributed by atoms with Crippen LogP contribution in [0.25, 0.3) is 0 Å². The lowest BCUT2D eigenvalue weighted by Gasteiger charge is -2.39. The number of carbonyl (C=O) groups is 1. The quantitative estimate of drug-likeness (QED) is 0.921. The second-order valence-corrected chi connectivity index (χ2v) is 6.35. The first kappa shape index (κ1) is 16.3. The molecule has 2 rings (SSSR count). The average molecular weight is 309 g/mol. The fraction of sp³-hybridized carbons (Fsp3) is 0.588. The van der Waals surface area contributed by atoms with Gasteiger partial charge in [-0.15, -0.1) is 0 Å². The molecule has 0 aromatic heterocycles. The number of hydrogen-bond donors (Lipinski definition) is 1. The summed E-state index contributed by atoms with van der Waals surface area (Å²) in [6, 6.07) is 8.66. The van der Waals surface area contributed by atoms with Crippen LogP contribution in [0.3, 0.4) is 0 Å². The van der Waals surface area contributed by atoms with Gasteiger partial charge in [0.05, 0.1) is 0 Å². The normalized spacial score (nSPS) is 23.9. The minimum Gasteiger partial charge on any atom is -0.343 e. The Morgan fingerprint density at radius 1 is 1.48 bits per heavy atom. The molecule has 21 heavy (non-hydrogen) atoms. The van der Waals surface area contributed by atoms with Gasteiger partial charge in [-0.1, -0.05) is 43.1 Å². The lowest BCUT2D eigenvalue weighted by Crippen LogP contribution is -2.50. The van der Waals surface area contributed by atoms with Crippen molar-refractivity contribution in [3.05, 3.63) is 34.9 Å². The molecule has 1 fully saturated rings. The number of nitrogens with one attached hydrogen (secondary N) is 1. The average Bonchev–Trinajstić information content (AvgIpc) is 2.47. The van der Waals surface area contributed by atoms with Gasteiger partial charge in [0.2, 0.25) is 5.91 Å². The zero-order valence-corrected chi connectivity index (χ0v) is 13.9. The topological polar surface area (TPSA) is 32.3 Å². The van der Waals surface area contributed by atoms with E-state index in [2.05, 4.69) is 25.2 Å². The molecule has 0 unspecified atom stereocenters. The molecule has 1 aromatic carbocycles. The van der Waals surface area contributed by atoms with E-state index in [-0.39, 0.29) is 11.9 Å². The fourth-order valence-corrected chi connectivity index (χ4v) is 3.49. The molecule has 0 radical (unpaired) electrons. The van der Waals surface area contributed by atoms with Gasteiger partial charge in [-0.05, 0) is 30.9 Å². The maximum absolute atomic E-state index is 11.5. The zero-order valence-electron chi connectivity index (χ0n) is 13.1. The zero-order chi connectivity index (χ0) is 15.4. The van der Waals surface area contributed by atoms with Crippen molar-refractivity contribution in [2.24, 2.45) is 5.92 Å². The molecule has 1 aliphatic heterocycles. The van der Waals surface area contributed by atoms with Gasteiger partial charge in [0, 0.05) is 37.1 Å². The van der Waals surface area contributed by atoms with Crippen molar-refractivity contribution in [1.82, 2.24) is 10.2 Å². The molecular formula is C17H25ClN2O. The van der Waals surface area contributed by atoms with E-state index in [1.807, 2.05) is 23.1 Å². The molecule has 1 saturated heterocycles. The van der Waals surface area contributed by atoms with E-state index in [4.69, 9.17) is 11.6 Å². The summed E-state index contributed by atoms with van der Waals surface area (Å²) in [5.41, 5.74) is 1.14. The molecule has 1 aromatic rings. The van der Waals surface area contributed by atoms with E-state index in [1.165, 1.54) is 0 Å². The summed E-state index contributed by atoms with van der Waals surface area (Å²) in [7, 11) is 0. The summed E-state index contributed by atoms with van der Waals surface area (Å²) in [5, 5.41) is 4.53. The molecule has 0 aliphatic carbocycles. The van der Waals surface area contributed by atoms with Crippen LogP contribution in [0.2, 0.25) is 5.02 Å². The number of amides is 1. The van der Waals surface area contributed by atoms with Crippen LogP contribution in [-0.4, -0.2) is 29.9 Å². The van der Waals surface area contributed by atoms with Crippen LogP contribution in [0, 0.1) is 5.92 Å². The van der Waals surface area contributed by atoms with E-state index in [0.29, 0.717) is 12.0 Å². The van der Waals surface area contributed by atoms with Crippen LogP contribution in [0.1, 0.15) is 45.2 Å². The van der Waals surface area contributed by atoms with Crippen LogP contribution >= 0.6 is 11.6 Å². The first-order valence-corrected chi connectivity index (χ1v) is 8.16. The molecule has 3 atom stereocenters. The van der Waals surface area contributed by atoms with Gasteiger partial charge in [-0.25, -0.2) is 0 Å². The van der Waals surface area contributed by atoms with Gasteiger partial charge >= 0.3 is 0 Å². The van der Waals surface area contributed by atoms with E-state index < -0.39 is 0 Å². The Morgan fingerprint density at radius 2 is 2.19 bits per heavy atom. The first-order valence-electron chi connectivity index (χ1n) is 7.79. The molecule has 0 saturated carbocycles. The monoisotopic (exact) mass is 308 g/mol. The van der Waals surface area contributed by atoms with E-state index in [1.54, 1.807) is 6.92 Å². The van der Waals surface area contributed by atoms with Crippen molar-refractivity contribution in [2.75, 3.05) is 13.1 Å². The maximum Gasteiger partial charge on any atom is 0.219 e. The Balaban J connectivity index is 2.02. The van der Waals surface area contributed by atoms with Crippen molar-refractivity contribution in [1.29, 1.82) is 0 Å². The lowest BCUT2D eigenvalue weighted by atomic mass is 9.89. The minimum atomic E-state index is 0.186. The molecule has 1 heterocycles. The standard InChI is InChI=1S/C17H25ClN2O/c1-4-14-11-20(13(3)21)10-9-17(14)19-12(2)15-7-5-6-8-16(15)18/h5-8,12,14,17,19H,4,9-11H2,1-3H3/t12-,14-,17-/m1/s1. The second-order valence-electron chi connectivity index (χ2n) is 5.94. The van der Waals surface area contributed by atoms with Gasteiger partial charge in [-0.3, -0.25) is 4.79 Å². The highest BCUT2D eigenvalue weighted by atomic mass is 35.5. The van der Waals surface area contributed by atoms with Gasteiger partial charge in [-0.2, -0.15) is 0 Å². The Bertz CT molecular complexity index is 491. The Morgan fingerprint density at radius 3 is 2.81 bits per heavy atom. The second kappa shape index (κ2) is 7.28. The third-order valence-electron chi connectivity index (χ3n) is 4.54. The highest BCUT2D eigenvalue weighted by molar-refractivity contribution is 6.31. The van der Waals surface area contributed by atoms with E-state index in [9.17, 15) is 4.79 Å². The maximum atomic E-state index is 11.5. The third-order valence-corrected chi connectivity index (χ3v) is 4.88. The smallest absolute Gasteiger partial charge is 0.219 e. The number of piperidine rings is 1. The van der Waals surface area contributed by atoms with Crippen molar-refractivity contribution in [2.45, 2.75) is 45.7 Å². The summed E-state index contributed by atoms with van der Waals surface area (Å²) in [6.45, 7) is 7.72. The van der Waals surface area contributed by atoms with Crippen molar-refractivity contribution in [3.63, 3.8) is 0 Å². The Labute approximate surface area is 132 Å². The molecule has 0 spiro atoms.